The number of nitrogens with zero attached hydrogens (tertiary/aromatic N) is 1. The topological polar surface area (TPSA) is 59.4 Å². The van der Waals surface area contributed by atoms with Crippen LogP contribution in [0.25, 0.3) is 0 Å². The van der Waals surface area contributed by atoms with E-state index in [4.69, 9.17) is 21.4 Å². The van der Waals surface area contributed by atoms with Crippen molar-refractivity contribution >= 4 is 28.9 Å². The summed E-state index contributed by atoms with van der Waals surface area (Å²) in [7, 11) is 0. The predicted octanol–water partition coefficient (Wildman–Crippen LogP) is 4.20. The zero-order valence-corrected chi connectivity index (χ0v) is 13.2. The lowest BCUT2D eigenvalue weighted by Crippen LogP contribution is -1.98. The molecule has 0 spiro atoms. The maximum atomic E-state index is 10.9. The van der Waals surface area contributed by atoms with Crippen LogP contribution in [-0.2, 0) is 6.42 Å². The van der Waals surface area contributed by atoms with E-state index in [0.717, 1.165) is 30.0 Å². The lowest BCUT2D eigenvalue weighted by atomic mass is 10.2. The summed E-state index contributed by atoms with van der Waals surface area (Å²) in [6, 6.07) is 7.27. The smallest absolute Gasteiger partial charge is 0.347 e. The molecule has 0 amide bonds. The van der Waals surface area contributed by atoms with E-state index in [-0.39, 0.29) is 0 Å². The second kappa shape index (κ2) is 7.43. The Hall–Kier alpha value is -1.59. The summed E-state index contributed by atoms with van der Waals surface area (Å²) in [5, 5.41) is 10.5. The summed E-state index contributed by atoms with van der Waals surface area (Å²) < 4.78 is 5.60. The van der Waals surface area contributed by atoms with Gasteiger partial charge in [0.25, 0.3) is 0 Å². The number of thiazole rings is 1. The van der Waals surface area contributed by atoms with Gasteiger partial charge in [-0.25, -0.2) is 9.78 Å². The number of carboxylic acids is 1. The number of aryl methyl sites for hydroxylation is 2. The van der Waals surface area contributed by atoms with Crippen molar-refractivity contribution in [1.82, 2.24) is 4.98 Å². The van der Waals surface area contributed by atoms with Crippen LogP contribution in [0.2, 0.25) is 5.02 Å². The molecule has 2 aromatic rings. The minimum Gasteiger partial charge on any atom is -0.494 e. The van der Waals surface area contributed by atoms with Crippen molar-refractivity contribution in [2.75, 3.05) is 6.61 Å². The average molecular weight is 326 g/mol. The Labute approximate surface area is 132 Å². The van der Waals surface area contributed by atoms with Gasteiger partial charge in [0.1, 0.15) is 10.6 Å². The highest BCUT2D eigenvalue weighted by Crippen LogP contribution is 2.20. The summed E-state index contributed by atoms with van der Waals surface area (Å²) >= 11 is 7.05. The first kappa shape index (κ1) is 15.8. The number of unbranched alkanes of at least 4 members (excludes halogenated alkanes) is 1. The molecule has 0 aliphatic rings. The van der Waals surface area contributed by atoms with E-state index < -0.39 is 5.97 Å². The van der Waals surface area contributed by atoms with Gasteiger partial charge in [0.2, 0.25) is 0 Å². The minimum atomic E-state index is -0.901. The maximum absolute atomic E-state index is 10.9. The van der Waals surface area contributed by atoms with Crippen LogP contribution in [0.15, 0.2) is 24.3 Å². The summed E-state index contributed by atoms with van der Waals surface area (Å²) in [4.78, 5) is 15.5. The van der Waals surface area contributed by atoms with Crippen LogP contribution in [0.1, 0.15) is 33.2 Å². The molecule has 0 unspecified atom stereocenters. The van der Waals surface area contributed by atoms with Gasteiger partial charge in [0.05, 0.1) is 17.3 Å². The zero-order chi connectivity index (χ0) is 15.2. The van der Waals surface area contributed by atoms with Crippen LogP contribution in [0.3, 0.4) is 0 Å². The Morgan fingerprint density at radius 2 is 2.05 bits per heavy atom. The Morgan fingerprint density at radius 3 is 2.67 bits per heavy atom. The molecule has 0 radical (unpaired) electrons. The molecule has 0 saturated carbocycles. The van der Waals surface area contributed by atoms with Crippen LogP contribution in [0.5, 0.6) is 5.75 Å². The molecule has 1 N–H and O–H groups in total. The van der Waals surface area contributed by atoms with Crippen LogP contribution < -0.4 is 4.74 Å². The minimum absolute atomic E-state index is 0.336. The second-order valence-electron chi connectivity index (χ2n) is 4.59. The first-order chi connectivity index (χ1) is 10.1. The van der Waals surface area contributed by atoms with E-state index in [9.17, 15) is 4.79 Å². The van der Waals surface area contributed by atoms with Crippen molar-refractivity contribution in [3.8, 4) is 5.75 Å². The van der Waals surface area contributed by atoms with Gasteiger partial charge in [-0.2, -0.15) is 0 Å². The van der Waals surface area contributed by atoms with Gasteiger partial charge < -0.3 is 9.84 Å². The molecule has 0 aliphatic heterocycles. The van der Waals surface area contributed by atoms with Gasteiger partial charge in [0, 0.05) is 5.02 Å². The number of aromatic carboxylic acids is 1. The first-order valence-corrected chi connectivity index (χ1v) is 7.83. The van der Waals surface area contributed by atoms with E-state index >= 15 is 0 Å². The molecular weight excluding hydrogens is 310 g/mol. The normalized spacial score (nSPS) is 10.6. The van der Waals surface area contributed by atoms with E-state index in [1.165, 1.54) is 11.3 Å². The molecule has 21 heavy (non-hydrogen) atoms. The molecule has 1 aromatic heterocycles. The van der Waals surface area contributed by atoms with Gasteiger partial charge in [-0.05, 0) is 50.5 Å². The molecule has 6 heteroatoms. The van der Waals surface area contributed by atoms with E-state index in [1.807, 2.05) is 12.1 Å². The van der Waals surface area contributed by atoms with E-state index in [2.05, 4.69) is 4.98 Å². The Bertz CT molecular complexity index is 610. The Morgan fingerprint density at radius 1 is 1.33 bits per heavy atom. The van der Waals surface area contributed by atoms with E-state index in [1.54, 1.807) is 19.1 Å². The quantitative estimate of drug-likeness (QED) is 0.775. The van der Waals surface area contributed by atoms with Gasteiger partial charge in [-0.3, -0.25) is 0 Å². The van der Waals surface area contributed by atoms with Gasteiger partial charge in [-0.1, -0.05) is 11.6 Å². The number of benzene rings is 1. The standard InChI is InChI=1S/C15H16ClNO3S/c1-10-14(15(18)19)21-13(17-10)4-2-3-9-20-12-7-5-11(16)6-8-12/h5-8H,2-4,9H2,1H3,(H,18,19). The third-order valence-electron chi connectivity index (χ3n) is 2.90. The van der Waals surface area contributed by atoms with Gasteiger partial charge in [0.15, 0.2) is 0 Å². The maximum Gasteiger partial charge on any atom is 0.347 e. The summed E-state index contributed by atoms with van der Waals surface area (Å²) in [5.41, 5.74) is 0.597. The largest absolute Gasteiger partial charge is 0.494 e. The molecule has 112 valence electrons. The van der Waals surface area contributed by atoms with Crippen LogP contribution in [0.4, 0.5) is 0 Å². The predicted molar refractivity (Wildman–Crippen MR) is 83.7 cm³/mol. The Kier molecular flexibility index (Phi) is 5.59. The third kappa shape index (κ3) is 4.72. The average Bonchev–Trinajstić information content (AvgIpc) is 2.82. The summed E-state index contributed by atoms with van der Waals surface area (Å²) in [6.07, 6.45) is 2.59. The lowest BCUT2D eigenvalue weighted by molar-refractivity contribution is 0.0701. The number of halogens is 1. The first-order valence-electron chi connectivity index (χ1n) is 6.64. The van der Waals surface area contributed by atoms with Crippen molar-refractivity contribution in [1.29, 1.82) is 0 Å². The SMILES string of the molecule is Cc1nc(CCCCOc2ccc(Cl)cc2)sc1C(=O)O. The summed E-state index contributed by atoms with van der Waals surface area (Å²) in [6.45, 7) is 2.35. The fraction of sp³-hybridized carbons (Fsp3) is 0.333. The third-order valence-corrected chi connectivity index (χ3v) is 4.36. The molecule has 0 saturated heterocycles. The molecule has 0 atom stereocenters. The van der Waals surface area contributed by atoms with Gasteiger partial charge >= 0.3 is 5.97 Å². The molecule has 1 heterocycles. The van der Waals surface area contributed by atoms with Crippen molar-refractivity contribution in [2.24, 2.45) is 0 Å². The van der Waals surface area contributed by atoms with Crippen LogP contribution >= 0.6 is 22.9 Å². The molecule has 0 fully saturated rings. The number of hydrogen-bond donors (Lipinski definition) is 1. The molecule has 1 aromatic carbocycles. The number of hydrogen-bond acceptors (Lipinski definition) is 4. The zero-order valence-electron chi connectivity index (χ0n) is 11.6. The molecular formula is C15H16ClNO3S. The number of ether oxygens (including phenoxy) is 1. The highest BCUT2D eigenvalue weighted by atomic mass is 35.5. The van der Waals surface area contributed by atoms with Crippen LogP contribution in [-0.4, -0.2) is 22.7 Å². The van der Waals surface area contributed by atoms with Crippen LogP contribution in [0, 0.1) is 6.92 Å². The molecule has 0 bridgehead atoms. The van der Waals surface area contributed by atoms with Gasteiger partial charge in [-0.15, -0.1) is 11.3 Å². The molecule has 2 rings (SSSR count). The molecule has 4 nitrogen and oxygen atoms in total. The molecule has 0 aliphatic carbocycles. The Balaban J connectivity index is 1.71. The second-order valence-corrected chi connectivity index (χ2v) is 6.11. The highest BCUT2D eigenvalue weighted by Gasteiger charge is 2.13. The fourth-order valence-electron chi connectivity index (χ4n) is 1.86. The number of aromatic nitrogens is 1. The van der Waals surface area contributed by atoms with Crippen molar-refractivity contribution in [3.63, 3.8) is 0 Å². The number of carbonyl (C=O) groups is 1. The van der Waals surface area contributed by atoms with Crippen molar-refractivity contribution < 1.29 is 14.6 Å². The summed E-state index contributed by atoms with van der Waals surface area (Å²) in [5.74, 6) is -0.0972. The fourth-order valence-corrected chi connectivity index (χ4v) is 2.93. The number of rotatable bonds is 7. The monoisotopic (exact) mass is 325 g/mol. The highest BCUT2D eigenvalue weighted by molar-refractivity contribution is 7.13. The number of carboxylic acid groups (broad SMARTS) is 1. The van der Waals surface area contributed by atoms with Crippen molar-refractivity contribution in [2.45, 2.75) is 26.2 Å². The lowest BCUT2D eigenvalue weighted by Gasteiger charge is -2.05. The van der Waals surface area contributed by atoms with E-state index in [0.29, 0.717) is 22.2 Å². The van der Waals surface area contributed by atoms with Crippen molar-refractivity contribution in [3.05, 3.63) is 44.9 Å².